The number of carbonyl (C=O) groups excluding carboxylic acids is 1. The molecular formula is C14H15BrFN3O. The van der Waals surface area contributed by atoms with Crippen LogP contribution in [0.3, 0.4) is 0 Å². The van der Waals surface area contributed by atoms with Gasteiger partial charge in [0.05, 0.1) is 10.7 Å². The van der Waals surface area contributed by atoms with Crippen LogP contribution in [0.5, 0.6) is 0 Å². The fourth-order valence-corrected chi connectivity index (χ4v) is 2.23. The Morgan fingerprint density at radius 1 is 1.50 bits per heavy atom. The predicted molar refractivity (Wildman–Crippen MR) is 78.1 cm³/mol. The lowest BCUT2D eigenvalue weighted by Crippen LogP contribution is -2.24. The van der Waals surface area contributed by atoms with Crippen molar-refractivity contribution < 1.29 is 9.18 Å². The van der Waals surface area contributed by atoms with Crippen molar-refractivity contribution in [2.75, 3.05) is 6.54 Å². The standard InChI is InChI=1S/C14H15BrFN3O/c1-9-11(8-18-19-9)3-2-6-17-14(20)10-4-5-13(16)12(15)7-10/h4-5,7-8H,2-3,6H2,1H3,(H,17,20)(H,18,19). The summed E-state index contributed by atoms with van der Waals surface area (Å²) in [7, 11) is 0. The first-order chi connectivity index (χ1) is 9.58. The summed E-state index contributed by atoms with van der Waals surface area (Å²) in [6, 6.07) is 4.22. The molecule has 2 N–H and O–H groups in total. The van der Waals surface area contributed by atoms with Gasteiger partial charge in [-0.25, -0.2) is 4.39 Å². The summed E-state index contributed by atoms with van der Waals surface area (Å²) in [5.74, 6) is -0.577. The van der Waals surface area contributed by atoms with Gasteiger partial charge in [-0.1, -0.05) is 0 Å². The number of hydrogen-bond acceptors (Lipinski definition) is 2. The first-order valence-corrected chi connectivity index (χ1v) is 7.09. The zero-order chi connectivity index (χ0) is 14.5. The number of H-pyrrole nitrogens is 1. The molecule has 0 spiro atoms. The van der Waals surface area contributed by atoms with Gasteiger partial charge in [-0.3, -0.25) is 9.89 Å². The van der Waals surface area contributed by atoms with Crippen molar-refractivity contribution in [3.63, 3.8) is 0 Å². The predicted octanol–water partition coefficient (Wildman–Crippen LogP) is 2.98. The Kier molecular flexibility index (Phi) is 4.89. The van der Waals surface area contributed by atoms with Gasteiger partial charge in [0.25, 0.3) is 5.91 Å². The number of carbonyl (C=O) groups is 1. The number of amides is 1. The van der Waals surface area contributed by atoms with E-state index in [1.54, 1.807) is 6.20 Å². The number of aromatic nitrogens is 2. The van der Waals surface area contributed by atoms with Gasteiger partial charge in [0.1, 0.15) is 5.82 Å². The molecule has 6 heteroatoms. The highest BCUT2D eigenvalue weighted by atomic mass is 79.9. The minimum Gasteiger partial charge on any atom is -0.352 e. The smallest absolute Gasteiger partial charge is 0.251 e. The Labute approximate surface area is 124 Å². The third-order valence-corrected chi connectivity index (χ3v) is 3.63. The molecule has 2 aromatic rings. The Morgan fingerprint density at radius 3 is 2.95 bits per heavy atom. The van der Waals surface area contributed by atoms with Crippen molar-refractivity contribution in [3.05, 3.63) is 51.5 Å². The van der Waals surface area contributed by atoms with Crippen LogP contribution in [0.15, 0.2) is 28.9 Å². The van der Waals surface area contributed by atoms with Crippen LogP contribution < -0.4 is 5.32 Å². The van der Waals surface area contributed by atoms with Gasteiger partial charge in [-0.2, -0.15) is 5.10 Å². The van der Waals surface area contributed by atoms with Crippen molar-refractivity contribution in [1.29, 1.82) is 0 Å². The average Bonchev–Trinajstić information content (AvgIpc) is 2.83. The first-order valence-electron chi connectivity index (χ1n) is 6.30. The van der Waals surface area contributed by atoms with Crippen molar-refractivity contribution in [2.45, 2.75) is 19.8 Å². The minimum absolute atomic E-state index is 0.199. The second kappa shape index (κ2) is 6.65. The topological polar surface area (TPSA) is 57.8 Å². The van der Waals surface area contributed by atoms with Crippen LogP contribution in [0.1, 0.15) is 28.0 Å². The molecule has 0 unspecified atom stereocenters. The summed E-state index contributed by atoms with van der Waals surface area (Å²) in [4.78, 5) is 11.9. The van der Waals surface area contributed by atoms with E-state index in [2.05, 4.69) is 31.4 Å². The average molecular weight is 340 g/mol. The molecule has 1 aromatic heterocycles. The normalized spacial score (nSPS) is 10.6. The summed E-state index contributed by atoms with van der Waals surface area (Å²) < 4.78 is 13.4. The van der Waals surface area contributed by atoms with Crippen molar-refractivity contribution >= 4 is 21.8 Å². The summed E-state index contributed by atoms with van der Waals surface area (Å²) in [5.41, 5.74) is 2.65. The van der Waals surface area contributed by atoms with Gasteiger partial charge in [-0.15, -0.1) is 0 Å². The summed E-state index contributed by atoms with van der Waals surface area (Å²) in [6.45, 7) is 2.54. The monoisotopic (exact) mass is 339 g/mol. The summed E-state index contributed by atoms with van der Waals surface area (Å²) in [6.07, 6.45) is 3.48. The summed E-state index contributed by atoms with van der Waals surface area (Å²) >= 11 is 3.06. The molecule has 0 aliphatic carbocycles. The number of hydrogen-bond donors (Lipinski definition) is 2. The Bertz CT molecular complexity index is 612. The molecule has 1 heterocycles. The quantitative estimate of drug-likeness (QED) is 0.822. The molecule has 106 valence electrons. The van der Waals surface area contributed by atoms with Gasteiger partial charge in [0.15, 0.2) is 0 Å². The SMILES string of the molecule is Cc1[nH]ncc1CCCNC(=O)c1ccc(F)c(Br)c1. The van der Waals surface area contributed by atoms with E-state index < -0.39 is 0 Å². The highest BCUT2D eigenvalue weighted by molar-refractivity contribution is 9.10. The largest absolute Gasteiger partial charge is 0.352 e. The van der Waals surface area contributed by atoms with Crippen LogP contribution in [0.4, 0.5) is 4.39 Å². The number of halogens is 2. The number of nitrogens with one attached hydrogen (secondary N) is 2. The minimum atomic E-state index is -0.378. The van der Waals surface area contributed by atoms with Crippen LogP contribution >= 0.6 is 15.9 Å². The molecule has 0 saturated carbocycles. The van der Waals surface area contributed by atoms with Gasteiger partial charge < -0.3 is 5.32 Å². The van der Waals surface area contributed by atoms with Gasteiger partial charge in [0.2, 0.25) is 0 Å². The van der Waals surface area contributed by atoms with E-state index in [0.29, 0.717) is 16.6 Å². The van der Waals surface area contributed by atoms with Crippen molar-refractivity contribution in [1.82, 2.24) is 15.5 Å². The van der Waals surface area contributed by atoms with E-state index in [4.69, 9.17) is 0 Å². The fraction of sp³-hybridized carbons (Fsp3) is 0.286. The number of aryl methyl sites for hydroxylation is 2. The molecule has 20 heavy (non-hydrogen) atoms. The molecule has 0 aliphatic heterocycles. The molecule has 0 radical (unpaired) electrons. The number of aromatic amines is 1. The van der Waals surface area contributed by atoms with Crippen molar-refractivity contribution in [3.8, 4) is 0 Å². The van der Waals surface area contributed by atoms with Crippen LogP contribution in [0.25, 0.3) is 0 Å². The molecule has 0 bridgehead atoms. The molecule has 4 nitrogen and oxygen atoms in total. The molecule has 0 saturated heterocycles. The molecule has 0 fully saturated rings. The van der Waals surface area contributed by atoms with Gasteiger partial charge >= 0.3 is 0 Å². The molecule has 2 rings (SSSR count). The highest BCUT2D eigenvalue weighted by Crippen LogP contribution is 2.16. The third kappa shape index (κ3) is 3.66. The Balaban J connectivity index is 1.80. The summed E-state index contributed by atoms with van der Waals surface area (Å²) in [5, 5.41) is 9.64. The number of rotatable bonds is 5. The third-order valence-electron chi connectivity index (χ3n) is 3.02. The second-order valence-electron chi connectivity index (χ2n) is 4.51. The zero-order valence-corrected chi connectivity index (χ0v) is 12.6. The van der Waals surface area contributed by atoms with Gasteiger partial charge in [-0.05, 0) is 59.5 Å². The maximum absolute atomic E-state index is 13.1. The molecule has 0 atom stereocenters. The lowest BCUT2D eigenvalue weighted by atomic mass is 10.1. The van der Waals surface area contributed by atoms with Gasteiger partial charge in [0, 0.05) is 17.8 Å². The lowest BCUT2D eigenvalue weighted by molar-refractivity contribution is 0.0953. The van der Waals surface area contributed by atoms with Crippen LogP contribution in [-0.4, -0.2) is 22.6 Å². The second-order valence-corrected chi connectivity index (χ2v) is 5.36. The molecule has 1 amide bonds. The highest BCUT2D eigenvalue weighted by Gasteiger charge is 2.08. The van der Waals surface area contributed by atoms with Crippen LogP contribution in [0.2, 0.25) is 0 Å². The van der Waals surface area contributed by atoms with E-state index in [1.165, 1.54) is 18.2 Å². The Morgan fingerprint density at radius 2 is 2.30 bits per heavy atom. The van der Waals surface area contributed by atoms with E-state index in [9.17, 15) is 9.18 Å². The Hall–Kier alpha value is -1.69. The lowest BCUT2D eigenvalue weighted by Gasteiger charge is -2.06. The molecule has 1 aromatic carbocycles. The maximum atomic E-state index is 13.1. The van der Waals surface area contributed by atoms with E-state index in [0.717, 1.165) is 24.1 Å². The zero-order valence-electron chi connectivity index (χ0n) is 11.0. The van der Waals surface area contributed by atoms with E-state index in [1.807, 2.05) is 6.92 Å². The van der Waals surface area contributed by atoms with Crippen LogP contribution in [-0.2, 0) is 6.42 Å². The molecule has 0 aliphatic rings. The van der Waals surface area contributed by atoms with E-state index in [-0.39, 0.29) is 11.7 Å². The van der Waals surface area contributed by atoms with Crippen LogP contribution in [0, 0.1) is 12.7 Å². The number of nitrogens with zero attached hydrogens (tertiary/aromatic N) is 1. The maximum Gasteiger partial charge on any atom is 0.251 e. The first kappa shape index (κ1) is 14.7. The fourth-order valence-electron chi connectivity index (χ4n) is 1.85. The van der Waals surface area contributed by atoms with E-state index >= 15 is 0 Å². The van der Waals surface area contributed by atoms with Crippen molar-refractivity contribution in [2.24, 2.45) is 0 Å². The molecular weight excluding hydrogens is 325 g/mol. The number of benzene rings is 1.